The van der Waals surface area contributed by atoms with Crippen LogP contribution in [0.25, 0.3) is 11.1 Å². The first-order chi connectivity index (χ1) is 11.7. The lowest BCUT2D eigenvalue weighted by Gasteiger charge is -2.19. The van der Waals surface area contributed by atoms with Crippen LogP contribution in [0.5, 0.6) is 5.75 Å². The molecule has 2 aromatic carbocycles. The molecule has 0 unspecified atom stereocenters. The molecule has 0 radical (unpaired) electrons. The van der Waals surface area contributed by atoms with E-state index in [-0.39, 0.29) is 6.54 Å². The van der Waals surface area contributed by atoms with E-state index >= 15 is 0 Å². The third-order valence-electron chi connectivity index (χ3n) is 4.68. The van der Waals surface area contributed by atoms with Crippen LogP contribution in [0, 0.1) is 25.7 Å². The van der Waals surface area contributed by atoms with Gasteiger partial charge in [0, 0.05) is 6.42 Å². The lowest BCUT2D eigenvalue weighted by Crippen LogP contribution is -2.22. The van der Waals surface area contributed by atoms with E-state index in [0.29, 0.717) is 13.0 Å². The van der Waals surface area contributed by atoms with Crippen LogP contribution >= 0.6 is 0 Å². The molecule has 0 bridgehead atoms. The highest BCUT2D eigenvalue weighted by Crippen LogP contribution is 2.34. The van der Waals surface area contributed by atoms with Gasteiger partial charge in [-0.25, -0.2) is 0 Å². The van der Waals surface area contributed by atoms with Gasteiger partial charge in [0.1, 0.15) is 12.3 Å². The maximum atomic E-state index is 10.6. The predicted octanol–water partition coefficient (Wildman–Crippen LogP) is 5.09. The fraction of sp³-hybridized carbons (Fsp3) is 0.429. The summed E-state index contributed by atoms with van der Waals surface area (Å²) < 4.78 is 5.86. The molecule has 0 aliphatic rings. The van der Waals surface area contributed by atoms with Crippen LogP contribution in [0.2, 0.25) is 0 Å². The Kier molecular flexibility index (Phi) is 5.96. The molecule has 0 fully saturated rings. The van der Waals surface area contributed by atoms with Gasteiger partial charge in [-0.15, -0.1) is 0 Å². The van der Waals surface area contributed by atoms with Gasteiger partial charge in [0.05, 0.1) is 12.2 Å². The topological polar surface area (TPSA) is 58.9 Å². The SMILES string of the molecule is Cc1c(CN=O)cccc1-c1ccc(OCCC(C)(C)O)c(C)c1C. The lowest BCUT2D eigenvalue weighted by molar-refractivity contribution is 0.0552. The standard InChI is InChI=1S/C21H27NO3/c1-14-15(2)20(25-12-11-21(4,5)23)10-9-19(14)18-8-6-7-17(13-22-24)16(18)3/h6-10,23H,11-13H2,1-5H3. The van der Waals surface area contributed by atoms with Crippen molar-refractivity contribution in [2.24, 2.45) is 5.18 Å². The molecule has 2 rings (SSSR count). The summed E-state index contributed by atoms with van der Waals surface area (Å²) in [5.41, 5.74) is 5.80. The van der Waals surface area contributed by atoms with Gasteiger partial charge in [0.25, 0.3) is 0 Å². The minimum Gasteiger partial charge on any atom is -0.493 e. The molecule has 0 aliphatic carbocycles. The van der Waals surface area contributed by atoms with E-state index in [2.05, 4.69) is 24.2 Å². The Hall–Kier alpha value is -2.20. The predicted molar refractivity (Wildman–Crippen MR) is 102 cm³/mol. The van der Waals surface area contributed by atoms with E-state index < -0.39 is 5.60 Å². The minimum absolute atomic E-state index is 0.190. The van der Waals surface area contributed by atoms with Gasteiger partial charge in [-0.2, -0.15) is 4.91 Å². The van der Waals surface area contributed by atoms with Crippen LogP contribution < -0.4 is 4.74 Å². The highest BCUT2D eigenvalue weighted by atomic mass is 16.5. The molecular formula is C21H27NO3. The molecule has 0 spiro atoms. The Balaban J connectivity index is 2.31. The molecule has 134 valence electrons. The van der Waals surface area contributed by atoms with Crippen LogP contribution in [0.3, 0.4) is 0 Å². The summed E-state index contributed by atoms with van der Waals surface area (Å²) >= 11 is 0. The normalized spacial score (nSPS) is 11.4. The Morgan fingerprint density at radius 1 is 1.00 bits per heavy atom. The van der Waals surface area contributed by atoms with E-state index in [1.807, 2.05) is 32.0 Å². The number of nitrogens with zero attached hydrogens (tertiary/aromatic N) is 1. The van der Waals surface area contributed by atoms with Gasteiger partial charge in [0.2, 0.25) is 0 Å². The van der Waals surface area contributed by atoms with Crippen molar-refractivity contribution in [3.8, 4) is 16.9 Å². The molecular weight excluding hydrogens is 314 g/mol. The summed E-state index contributed by atoms with van der Waals surface area (Å²) in [6.45, 7) is 10.4. The average Bonchev–Trinajstić information content (AvgIpc) is 2.53. The number of nitroso groups, excluding NO2 is 1. The molecule has 0 aliphatic heterocycles. The van der Waals surface area contributed by atoms with E-state index in [4.69, 9.17) is 4.74 Å². The summed E-state index contributed by atoms with van der Waals surface area (Å²) in [4.78, 5) is 10.6. The fourth-order valence-electron chi connectivity index (χ4n) is 2.87. The van der Waals surface area contributed by atoms with Gasteiger partial charge in [-0.3, -0.25) is 0 Å². The molecule has 4 nitrogen and oxygen atoms in total. The van der Waals surface area contributed by atoms with Gasteiger partial charge in [0.15, 0.2) is 0 Å². The Labute approximate surface area is 149 Å². The van der Waals surface area contributed by atoms with Gasteiger partial charge in [-0.1, -0.05) is 29.4 Å². The summed E-state index contributed by atoms with van der Waals surface area (Å²) in [6.07, 6.45) is 0.576. The van der Waals surface area contributed by atoms with Gasteiger partial charge < -0.3 is 9.84 Å². The second-order valence-electron chi connectivity index (χ2n) is 7.15. The van der Waals surface area contributed by atoms with Crippen molar-refractivity contribution in [2.45, 2.75) is 53.2 Å². The maximum Gasteiger partial charge on any atom is 0.122 e. The molecule has 1 N–H and O–H groups in total. The third kappa shape index (κ3) is 4.67. The highest BCUT2D eigenvalue weighted by molar-refractivity contribution is 5.73. The van der Waals surface area contributed by atoms with Crippen molar-refractivity contribution in [3.05, 3.63) is 57.5 Å². The van der Waals surface area contributed by atoms with E-state index in [0.717, 1.165) is 39.1 Å². The van der Waals surface area contributed by atoms with Crippen LogP contribution in [0.1, 0.15) is 42.5 Å². The maximum absolute atomic E-state index is 10.6. The molecule has 0 atom stereocenters. The largest absolute Gasteiger partial charge is 0.493 e. The lowest BCUT2D eigenvalue weighted by atomic mass is 9.91. The molecule has 25 heavy (non-hydrogen) atoms. The minimum atomic E-state index is -0.729. The summed E-state index contributed by atoms with van der Waals surface area (Å²) in [6, 6.07) is 10.0. The van der Waals surface area contributed by atoms with Crippen LogP contribution in [0.15, 0.2) is 35.5 Å². The van der Waals surface area contributed by atoms with Crippen LogP contribution in [-0.2, 0) is 6.54 Å². The molecule has 0 amide bonds. The molecule has 4 heteroatoms. The number of aliphatic hydroxyl groups is 1. The molecule has 0 saturated heterocycles. The molecule has 2 aromatic rings. The van der Waals surface area contributed by atoms with E-state index in [1.165, 1.54) is 0 Å². The molecule has 0 heterocycles. The number of rotatable bonds is 7. The zero-order valence-electron chi connectivity index (χ0n) is 15.7. The summed E-state index contributed by atoms with van der Waals surface area (Å²) in [7, 11) is 0. The first-order valence-electron chi connectivity index (χ1n) is 8.58. The van der Waals surface area contributed by atoms with Crippen molar-refractivity contribution in [1.82, 2.24) is 0 Å². The summed E-state index contributed by atoms with van der Waals surface area (Å²) in [5, 5.41) is 12.8. The first kappa shape index (κ1) is 19.1. The number of hydrogen-bond acceptors (Lipinski definition) is 4. The zero-order valence-corrected chi connectivity index (χ0v) is 15.7. The summed E-state index contributed by atoms with van der Waals surface area (Å²) in [5.74, 6) is 0.842. The number of hydrogen-bond donors (Lipinski definition) is 1. The van der Waals surface area contributed by atoms with Crippen molar-refractivity contribution in [1.29, 1.82) is 0 Å². The van der Waals surface area contributed by atoms with Crippen molar-refractivity contribution >= 4 is 0 Å². The molecule has 0 saturated carbocycles. The van der Waals surface area contributed by atoms with Gasteiger partial charge >= 0.3 is 0 Å². The van der Waals surface area contributed by atoms with Crippen LogP contribution in [0.4, 0.5) is 0 Å². The fourth-order valence-corrected chi connectivity index (χ4v) is 2.87. The van der Waals surface area contributed by atoms with Crippen molar-refractivity contribution in [3.63, 3.8) is 0 Å². The van der Waals surface area contributed by atoms with Crippen molar-refractivity contribution in [2.75, 3.05) is 6.61 Å². The second kappa shape index (κ2) is 7.79. The van der Waals surface area contributed by atoms with E-state index in [1.54, 1.807) is 13.8 Å². The number of ether oxygens (including phenoxy) is 1. The first-order valence-corrected chi connectivity index (χ1v) is 8.58. The Morgan fingerprint density at radius 3 is 2.32 bits per heavy atom. The van der Waals surface area contributed by atoms with Crippen molar-refractivity contribution < 1.29 is 9.84 Å². The number of benzene rings is 2. The average molecular weight is 341 g/mol. The smallest absolute Gasteiger partial charge is 0.122 e. The third-order valence-corrected chi connectivity index (χ3v) is 4.68. The Bertz CT molecular complexity index is 760. The van der Waals surface area contributed by atoms with Crippen LogP contribution in [-0.4, -0.2) is 17.3 Å². The second-order valence-corrected chi connectivity index (χ2v) is 7.15. The quantitative estimate of drug-likeness (QED) is 0.714. The molecule has 0 aromatic heterocycles. The van der Waals surface area contributed by atoms with Gasteiger partial charge in [-0.05, 0) is 74.1 Å². The van der Waals surface area contributed by atoms with E-state index in [9.17, 15) is 10.0 Å². The zero-order chi connectivity index (χ0) is 18.6. The highest BCUT2D eigenvalue weighted by Gasteiger charge is 2.15. The monoisotopic (exact) mass is 341 g/mol. The Morgan fingerprint density at radius 2 is 1.68 bits per heavy atom.